The molecule has 0 unspecified atom stereocenters. The van der Waals surface area contributed by atoms with Crippen LogP contribution in [0.5, 0.6) is 0 Å². The second kappa shape index (κ2) is 21.3. The molecule has 4 aromatic rings. The maximum absolute atomic E-state index is 13.3. The van der Waals surface area contributed by atoms with Crippen molar-refractivity contribution >= 4 is 40.9 Å². The number of nitrogens with zero attached hydrogens (tertiary/aromatic N) is 4. The summed E-state index contributed by atoms with van der Waals surface area (Å²) in [5.74, 6) is -2.88. The first kappa shape index (κ1) is 45.1. The van der Waals surface area contributed by atoms with E-state index in [9.17, 15) is 37.1 Å². The molecule has 2 aliphatic rings. The zero-order valence-electron chi connectivity index (χ0n) is 34.2. The lowest BCUT2D eigenvalue weighted by molar-refractivity contribution is -0.173. The lowest BCUT2D eigenvalue weighted by Gasteiger charge is -2.33. The summed E-state index contributed by atoms with van der Waals surface area (Å²) < 4.78 is 36.8. The third kappa shape index (κ3) is 12.7. The molecule has 11 nitrogen and oxygen atoms in total. The number of piperidine rings is 2. The van der Waals surface area contributed by atoms with E-state index in [1.54, 1.807) is 34.5 Å². The molecule has 2 fully saturated rings. The maximum atomic E-state index is 13.3. The number of carbonyl (C=O) groups is 5. The molecule has 14 heteroatoms. The number of benzene rings is 4. The minimum atomic E-state index is -5.04. The molecule has 0 bridgehead atoms. The summed E-state index contributed by atoms with van der Waals surface area (Å²) >= 11 is 0. The molecule has 2 aliphatic heterocycles. The van der Waals surface area contributed by atoms with Crippen LogP contribution < -0.4 is 20.9 Å². The average molecular weight is 827 g/mol. The van der Waals surface area contributed by atoms with Crippen molar-refractivity contribution in [1.29, 1.82) is 0 Å². The topological polar surface area (TPSA) is 136 Å². The van der Waals surface area contributed by atoms with Gasteiger partial charge in [0.25, 0.3) is 0 Å². The van der Waals surface area contributed by atoms with Gasteiger partial charge in [-0.05, 0) is 98.9 Å². The van der Waals surface area contributed by atoms with Gasteiger partial charge in [-0.3, -0.25) is 24.2 Å². The molecule has 0 aliphatic carbocycles. The van der Waals surface area contributed by atoms with Crippen LogP contribution in [-0.4, -0.2) is 84.8 Å². The van der Waals surface area contributed by atoms with Gasteiger partial charge in [0.15, 0.2) is 11.6 Å². The second-order valence-electron chi connectivity index (χ2n) is 15.1. The van der Waals surface area contributed by atoms with Crippen molar-refractivity contribution in [3.05, 3.63) is 130 Å². The summed E-state index contributed by atoms with van der Waals surface area (Å²) in [6, 6.07) is 29.3. The van der Waals surface area contributed by atoms with Crippen molar-refractivity contribution < 1.29 is 37.1 Å². The predicted molar refractivity (Wildman–Crippen MR) is 226 cm³/mol. The number of Topliss-reactive ketones (excluding diaryl/α,β-unsaturated/α-hetero) is 2. The number of rotatable bonds is 11. The van der Waals surface area contributed by atoms with Crippen molar-refractivity contribution in [2.75, 3.05) is 49.1 Å². The Morgan fingerprint density at radius 1 is 0.600 bits per heavy atom. The number of halogens is 3. The fraction of sp³-hybridized carbons (Fsp3) is 0.370. The number of anilines is 2. The van der Waals surface area contributed by atoms with Crippen molar-refractivity contribution in [1.82, 2.24) is 15.1 Å². The molecule has 6 rings (SSSR count). The number of hydrogen-bond donors (Lipinski definition) is 2. The first-order valence-electron chi connectivity index (χ1n) is 20.3. The van der Waals surface area contributed by atoms with Gasteiger partial charge in [0, 0.05) is 48.7 Å². The van der Waals surface area contributed by atoms with E-state index < -0.39 is 24.4 Å². The van der Waals surface area contributed by atoms with E-state index >= 15 is 0 Å². The van der Waals surface area contributed by atoms with E-state index in [4.69, 9.17) is 5.73 Å². The van der Waals surface area contributed by atoms with Crippen LogP contribution >= 0.6 is 0 Å². The number of carbonyl (C=O) groups excluding carboxylic acids is 5. The van der Waals surface area contributed by atoms with Crippen molar-refractivity contribution in [3.8, 4) is 0 Å². The minimum absolute atomic E-state index is 0.00219. The molecule has 3 N–H and O–H groups in total. The molecule has 0 atom stereocenters. The van der Waals surface area contributed by atoms with Gasteiger partial charge in [-0.25, -0.2) is 9.59 Å². The SMILES string of the molecule is Cc1cccc(N(Cc2ccc(C(=O)CN)cc2)C(=O)N2CCCCC2)c1.Cc1cccc(N(Cc2ccc(C(=O)CNC(=O)C(F)(F)F)cc2)C(=O)N2CCCCC2)c1. The molecule has 318 valence electrons. The van der Waals surface area contributed by atoms with Gasteiger partial charge >= 0.3 is 24.1 Å². The minimum Gasteiger partial charge on any atom is -0.341 e. The standard InChI is InChI=1S/C24H26F3N3O3.C22H27N3O2/c1-17-6-5-7-20(14-17)30(23(33)29-12-3-2-4-13-29)16-18-8-10-19(11-9-18)21(31)15-28-22(32)24(25,26)27;1-17-6-5-7-20(14-17)25(22(27)24-12-3-2-4-13-24)16-18-8-10-19(11-9-18)21(26)15-23/h5-11,14H,2-4,12-13,15-16H2,1H3,(H,28,32);5-11,14H,2-4,12-13,15-16,23H2,1H3. The van der Waals surface area contributed by atoms with Crippen LogP contribution in [0.2, 0.25) is 0 Å². The molecule has 0 aromatic heterocycles. The Balaban J connectivity index is 0.000000232. The summed E-state index contributed by atoms with van der Waals surface area (Å²) in [5.41, 5.74) is 11.7. The van der Waals surface area contributed by atoms with Crippen LogP contribution in [0.15, 0.2) is 97.1 Å². The monoisotopic (exact) mass is 826 g/mol. The van der Waals surface area contributed by atoms with Gasteiger partial charge < -0.3 is 20.9 Å². The largest absolute Gasteiger partial charge is 0.471 e. The maximum Gasteiger partial charge on any atom is 0.471 e. The number of urea groups is 2. The van der Waals surface area contributed by atoms with Gasteiger partial charge in [-0.15, -0.1) is 0 Å². The normalized spacial score (nSPS) is 14.0. The first-order chi connectivity index (χ1) is 28.7. The lowest BCUT2D eigenvalue weighted by atomic mass is 10.1. The summed E-state index contributed by atoms with van der Waals surface area (Å²) in [5, 5.41) is 1.57. The number of aryl methyl sites for hydroxylation is 2. The molecule has 4 aromatic carbocycles. The Morgan fingerprint density at radius 3 is 1.37 bits per heavy atom. The number of nitrogens with two attached hydrogens (primary N) is 1. The van der Waals surface area contributed by atoms with Crippen LogP contribution in [0, 0.1) is 13.8 Å². The van der Waals surface area contributed by atoms with Crippen molar-refractivity contribution in [3.63, 3.8) is 0 Å². The van der Waals surface area contributed by atoms with Crippen LogP contribution in [0.4, 0.5) is 34.1 Å². The van der Waals surface area contributed by atoms with Crippen LogP contribution in [0.25, 0.3) is 0 Å². The summed E-state index contributed by atoms with van der Waals surface area (Å²) in [6.45, 7) is 7.01. The van der Waals surface area contributed by atoms with Gasteiger partial charge in [0.1, 0.15) is 0 Å². The number of likely N-dealkylation sites (tertiary alicyclic amines) is 2. The van der Waals surface area contributed by atoms with E-state index in [1.807, 2.05) is 89.2 Å². The smallest absolute Gasteiger partial charge is 0.341 e. The van der Waals surface area contributed by atoms with Gasteiger partial charge in [-0.1, -0.05) is 72.8 Å². The van der Waals surface area contributed by atoms with Gasteiger partial charge in [0.05, 0.1) is 26.2 Å². The number of ketones is 2. The third-order valence-electron chi connectivity index (χ3n) is 10.4. The van der Waals surface area contributed by atoms with Gasteiger partial charge in [-0.2, -0.15) is 13.2 Å². The number of nitrogens with one attached hydrogen (secondary N) is 1. The van der Waals surface area contributed by atoms with Crippen LogP contribution in [-0.2, 0) is 17.9 Å². The molecule has 0 saturated carbocycles. The Kier molecular flexibility index (Phi) is 16.0. The summed E-state index contributed by atoms with van der Waals surface area (Å²) in [6.07, 6.45) is 1.30. The zero-order valence-corrected chi connectivity index (χ0v) is 34.2. The first-order valence-corrected chi connectivity index (χ1v) is 20.3. The van der Waals surface area contributed by atoms with Crippen molar-refractivity contribution in [2.24, 2.45) is 5.73 Å². The van der Waals surface area contributed by atoms with E-state index in [0.29, 0.717) is 25.2 Å². The molecular weight excluding hydrogens is 774 g/mol. The lowest BCUT2D eigenvalue weighted by Crippen LogP contribution is -2.45. The molecule has 0 radical (unpaired) electrons. The Hall–Kier alpha value is -6.02. The van der Waals surface area contributed by atoms with E-state index in [1.165, 1.54) is 18.6 Å². The van der Waals surface area contributed by atoms with E-state index in [0.717, 1.165) is 78.8 Å². The molecular formula is C46H53F3N6O5. The number of amides is 5. The quantitative estimate of drug-likeness (QED) is 0.146. The highest BCUT2D eigenvalue weighted by Gasteiger charge is 2.38. The Bertz CT molecular complexity index is 2100. The predicted octanol–water partition coefficient (Wildman–Crippen LogP) is 8.22. The molecule has 2 saturated heterocycles. The fourth-order valence-corrected chi connectivity index (χ4v) is 7.08. The van der Waals surface area contributed by atoms with Crippen LogP contribution in [0.3, 0.4) is 0 Å². The van der Waals surface area contributed by atoms with E-state index in [2.05, 4.69) is 0 Å². The fourth-order valence-electron chi connectivity index (χ4n) is 7.08. The molecule has 5 amide bonds. The summed E-state index contributed by atoms with van der Waals surface area (Å²) in [4.78, 5) is 68.6. The number of alkyl halides is 3. The third-order valence-corrected chi connectivity index (χ3v) is 10.4. The van der Waals surface area contributed by atoms with Crippen molar-refractivity contribution in [2.45, 2.75) is 71.6 Å². The highest BCUT2D eigenvalue weighted by molar-refractivity contribution is 6.00. The van der Waals surface area contributed by atoms with Crippen LogP contribution in [0.1, 0.15) is 81.5 Å². The Labute approximate surface area is 349 Å². The number of hydrogen-bond acceptors (Lipinski definition) is 6. The molecule has 60 heavy (non-hydrogen) atoms. The zero-order chi connectivity index (χ0) is 43.2. The highest BCUT2D eigenvalue weighted by atomic mass is 19.4. The summed E-state index contributed by atoms with van der Waals surface area (Å²) in [7, 11) is 0. The molecule has 2 heterocycles. The molecule has 0 spiro atoms. The highest BCUT2D eigenvalue weighted by Crippen LogP contribution is 2.25. The van der Waals surface area contributed by atoms with Gasteiger partial charge in [0.2, 0.25) is 0 Å². The average Bonchev–Trinajstić information content (AvgIpc) is 3.26. The van der Waals surface area contributed by atoms with E-state index in [-0.39, 0.29) is 36.5 Å². The second-order valence-corrected chi connectivity index (χ2v) is 15.1. The Morgan fingerprint density at radius 2 is 1.00 bits per heavy atom.